The predicted molar refractivity (Wildman–Crippen MR) is 121 cm³/mol. The SMILES string of the molecule is N#Cc1ccnc(-c2cncc(-c3cc(-c4cc(Cl)ccc4F)nc4ncccc34)c2)c1. The van der Waals surface area contributed by atoms with Gasteiger partial charge in [-0.25, -0.2) is 14.4 Å². The van der Waals surface area contributed by atoms with Gasteiger partial charge in [0.05, 0.1) is 23.0 Å². The molecule has 0 saturated carbocycles. The number of benzene rings is 1. The summed E-state index contributed by atoms with van der Waals surface area (Å²) >= 11 is 6.11. The van der Waals surface area contributed by atoms with Crippen molar-refractivity contribution in [1.29, 1.82) is 5.26 Å². The molecule has 0 aliphatic heterocycles. The molecule has 0 amide bonds. The summed E-state index contributed by atoms with van der Waals surface area (Å²) in [5.74, 6) is -0.424. The fourth-order valence-electron chi connectivity index (χ4n) is 3.51. The molecule has 4 aromatic heterocycles. The van der Waals surface area contributed by atoms with Crippen LogP contribution in [0.25, 0.3) is 44.7 Å². The van der Waals surface area contributed by atoms with Gasteiger partial charge >= 0.3 is 0 Å². The van der Waals surface area contributed by atoms with Crippen LogP contribution >= 0.6 is 11.6 Å². The molecule has 32 heavy (non-hydrogen) atoms. The lowest BCUT2D eigenvalue weighted by Gasteiger charge is -2.11. The molecule has 1 aromatic carbocycles. The first-order valence-corrected chi connectivity index (χ1v) is 10.0. The molecule has 0 spiro atoms. The van der Waals surface area contributed by atoms with E-state index in [-0.39, 0.29) is 0 Å². The highest BCUT2D eigenvalue weighted by Gasteiger charge is 2.14. The monoisotopic (exact) mass is 437 g/mol. The number of rotatable bonds is 3. The zero-order chi connectivity index (χ0) is 22.1. The van der Waals surface area contributed by atoms with Crippen molar-refractivity contribution in [2.75, 3.05) is 0 Å². The van der Waals surface area contributed by atoms with Crippen molar-refractivity contribution in [3.63, 3.8) is 0 Å². The lowest BCUT2D eigenvalue weighted by atomic mass is 9.99. The normalized spacial score (nSPS) is 10.8. The topological polar surface area (TPSA) is 75.3 Å². The number of hydrogen-bond acceptors (Lipinski definition) is 5. The van der Waals surface area contributed by atoms with Crippen LogP contribution in [0, 0.1) is 17.1 Å². The molecule has 0 bridgehead atoms. The lowest BCUT2D eigenvalue weighted by molar-refractivity contribution is 0.631. The van der Waals surface area contributed by atoms with Crippen molar-refractivity contribution < 1.29 is 4.39 Å². The standard InChI is InChI=1S/C25H13ClFN5/c26-18-3-4-22(27)21(10-18)24-11-20(19-2-1-6-31-25(19)32-24)16-9-17(14-29-13-16)23-8-15(12-28)5-7-30-23/h1-11,13-14H. The summed E-state index contributed by atoms with van der Waals surface area (Å²) in [6, 6.07) is 17.3. The van der Waals surface area contributed by atoms with Crippen LogP contribution in [0.15, 0.2) is 79.4 Å². The van der Waals surface area contributed by atoms with Crippen molar-refractivity contribution >= 4 is 22.6 Å². The second-order valence-electron chi connectivity index (χ2n) is 7.06. The Kier molecular flexibility index (Phi) is 5.02. The van der Waals surface area contributed by atoms with E-state index in [1.54, 1.807) is 49.1 Å². The molecular formula is C25H13ClFN5. The Morgan fingerprint density at radius 3 is 2.59 bits per heavy atom. The third-order valence-electron chi connectivity index (χ3n) is 5.02. The Morgan fingerprint density at radius 1 is 0.844 bits per heavy atom. The molecule has 0 radical (unpaired) electrons. The smallest absolute Gasteiger partial charge is 0.160 e. The second-order valence-corrected chi connectivity index (χ2v) is 7.49. The molecule has 0 N–H and O–H groups in total. The van der Waals surface area contributed by atoms with Crippen molar-refractivity contribution in [2.24, 2.45) is 0 Å². The molecule has 0 fully saturated rings. The minimum absolute atomic E-state index is 0.291. The fraction of sp³-hybridized carbons (Fsp3) is 0. The molecule has 0 unspecified atom stereocenters. The quantitative estimate of drug-likeness (QED) is 0.341. The number of nitriles is 1. The summed E-state index contributed by atoms with van der Waals surface area (Å²) in [6.45, 7) is 0. The highest BCUT2D eigenvalue weighted by molar-refractivity contribution is 6.30. The van der Waals surface area contributed by atoms with Crippen LogP contribution in [-0.4, -0.2) is 19.9 Å². The molecule has 0 atom stereocenters. The van der Waals surface area contributed by atoms with Gasteiger partial charge in [0.15, 0.2) is 5.65 Å². The van der Waals surface area contributed by atoms with Gasteiger partial charge in [-0.1, -0.05) is 11.6 Å². The zero-order valence-corrected chi connectivity index (χ0v) is 17.3. The zero-order valence-electron chi connectivity index (χ0n) is 16.5. The van der Waals surface area contributed by atoms with Gasteiger partial charge in [-0.15, -0.1) is 0 Å². The van der Waals surface area contributed by atoms with Gasteiger partial charge in [0, 0.05) is 51.9 Å². The molecule has 4 heterocycles. The average Bonchev–Trinajstić information content (AvgIpc) is 2.85. The van der Waals surface area contributed by atoms with E-state index in [1.807, 2.05) is 18.2 Å². The van der Waals surface area contributed by atoms with Crippen molar-refractivity contribution in [1.82, 2.24) is 19.9 Å². The van der Waals surface area contributed by atoms with Crippen LogP contribution in [0.4, 0.5) is 4.39 Å². The third-order valence-corrected chi connectivity index (χ3v) is 5.26. The molecular weight excluding hydrogens is 425 g/mol. The minimum Gasteiger partial charge on any atom is -0.263 e. The van der Waals surface area contributed by atoms with E-state index >= 15 is 0 Å². The second kappa shape index (κ2) is 8.14. The molecule has 7 heteroatoms. The van der Waals surface area contributed by atoms with E-state index in [4.69, 9.17) is 11.6 Å². The highest BCUT2D eigenvalue weighted by Crippen LogP contribution is 2.34. The first-order chi connectivity index (χ1) is 15.6. The van der Waals surface area contributed by atoms with Crippen LogP contribution < -0.4 is 0 Å². The van der Waals surface area contributed by atoms with Gasteiger partial charge in [0.1, 0.15) is 5.82 Å². The Bertz CT molecular complexity index is 1530. The van der Waals surface area contributed by atoms with Gasteiger partial charge < -0.3 is 0 Å². The predicted octanol–water partition coefficient (Wildman–Crippen LogP) is 6.08. The Balaban J connectivity index is 1.72. The molecule has 5 nitrogen and oxygen atoms in total. The number of nitrogens with zero attached hydrogens (tertiary/aromatic N) is 5. The summed E-state index contributed by atoms with van der Waals surface area (Å²) in [4.78, 5) is 17.7. The summed E-state index contributed by atoms with van der Waals surface area (Å²) in [7, 11) is 0. The first-order valence-electron chi connectivity index (χ1n) is 9.65. The van der Waals surface area contributed by atoms with Crippen LogP contribution in [0.1, 0.15) is 5.56 Å². The van der Waals surface area contributed by atoms with Crippen LogP contribution in [0.2, 0.25) is 5.02 Å². The van der Waals surface area contributed by atoms with Gasteiger partial charge in [0.25, 0.3) is 0 Å². The number of halogens is 2. The molecule has 0 aliphatic carbocycles. The number of hydrogen-bond donors (Lipinski definition) is 0. The van der Waals surface area contributed by atoms with Crippen molar-refractivity contribution in [3.8, 4) is 39.7 Å². The van der Waals surface area contributed by atoms with E-state index < -0.39 is 5.82 Å². The summed E-state index contributed by atoms with van der Waals surface area (Å²) < 4.78 is 14.6. The highest BCUT2D eigenvalue weighted by atomic mass is 35.5. The number of aromatic nitrogens is 4. The van der Waals surface area contributed by atoms with Gasteiger partial charge in [-0.05, 0) is 60.2 Å². The fourth-order valence-corrected chi connectivity index (χ4v) is 3.69. The molecule has 0 saturated heterocycles. The van der Waals surface area contributed by atoms with E-state index in [2.05, 4.69) is 26.0 Å². The van der Waals surface area contributed by atoms with Crippen LogP contribution in [0.3, 0.4) is 0 Å². The van der Waals surface area contributed by atoms with Crippen molar-refractivity contribution in [3.05, 3.63) is 95.8 Å². The summed E-state index contributed by atoms with van der Waals surface area (Å²) in [5.41, 5.74) is 4.67. The van der Waals surface area contributed by atoms with E-state index in [0.717, 1.165) is 22.1 Å². The maximum Gasteiger partial charge on any atom is 0.160 e. The van der Waals surface area contributed by atoms with E-state index in [1.165, 1.54) is 12.1 Å². The van der Waals surface area contributed by atoms with Crippen LogP contribution in [0.5, 0.6) is 0 Å². The maximum absolute atomic E-state index is 14.6. The average molecular weight is 438 g/mol. The Morgan fingerprint density at radius 2 is 1.72 bits per heavy atom. The van der Waals surface area contributed by atoms with Crippen LogP contribution in [-0.2, 0) is 0 Å². The lowest BCUT2D eigenvalue weighted by Crippen LogP contribution is -1.95. The van der Waals surface area contributed by atoms with Gasteiger partial charge in [0.2, 0.25) is 0 Å². The molecule has 152 valence electrons. The first kappa shape index (κ1) is 19.7. The Hall–Kier alpha value is -4.21. The number of fused-ring (bicyclic) bond motifs is 1. The van der Waals surface area contributed by atoms with Gasteiger partial charge in [-0.2, -0.15) is 5.26 Å². The summed E-state index contributed by atoms with van der Waals surface area (Å²) in [6.07, 6.45) is 6.64. The third kappa shape index (κ3) is 3.66. The minimum atomic E-state index is -0.424. The Labute approximate surface area is 187 Å². The maximum atomic E-state index is 14.6. The van der Waals surface area contributed by atoms with Gasteiger partial charge in [-0.3, -0.25) is 9.97 Å². The molecule has 5 aromatic rings. The van der Waals surface area contributed by atoms with Crippen molar-refractivity contribution in [2.45, 2.75) is 0 Å². The van der Waals surface area contributed by atoms with E-state index in [0.29, 0.717) is 33.2 Å². The molecule has 0 aliphatic rings. The van der Waals surface area contributed by atoms with E-state index in [9.17, 15) is 9.65 Å². The molecule has 5 rings (SSSR count). The largest absolute Gasteiger partial charge is 0.263 e. The summed E-state index contributed by atoms with van der Waals surface area (Å²) in [5, 5.41) is 10.4. The number of pyridine rings is 4.